The van der Waals surface area contributed by atoms with Crippen LogP contribution in [-0.4, -0.2) is 87.5 Å². The molecule has 4 heterocycles. The van der Waals surface area contributed by atoms with Crippen molar-refractivity contribution in [3.63, 3.8) is 0 Å². The van der Waals surface area contributed by atoms with Crippen molar-refractivity contribution in [2.24, 2.45) is 0 Å². The van der Waals surface area contributed by atoms with Gasteiger partial charge in [0.25, 0.3) is 0 Å². The molecule has 0 saturated carbocycles. The van der Waals surface area contributed by atoms with E-state index in [1.807, 2.05) is 4.90 Å². The molecular weight excluding hydrogens is 581 g/mol. The number of aromatic nitrogens is 2. The minimum absolute atomic E-state index is 0.0156. The SMILES string of the molecule is C[C@@H]1CN(c2nc(OC[C@]34CCCN3C[C@H](F)C4)nc3c(F)c(Br)c(C(F)(F)F)cc23)[C@@H](C)CN1C(=O)O. The van der Waals surface area contributed by atoms with Crippen LogP contribution < -0.4 is 9.64 Å². The van der Waals surface area contributed by atoms with Crippen molar-refractivity contribution < 1.29 is 36.6 Å². The number of amides is 1. The van der Waals surface area contributed by atoms with Crippen LogP contribution in [0, 0.1) is 5.82 Å². The van der Waals surface area contributed by atoms with Crippen LogP contribution in [0.15, 0.2) is 10.5 Å². The van der Waals surface area contributed by atoms with Gasteiger partial charge in [-0.05, 0) is 55.2 Å². The monoisotopic (exact) mass is 607 g/mol. The number of rotatable bonds is 4. The molecule has 3 saturated heterocycles. The highest BCUT2D eigenvalue weighted by atomic mass is 79.9. The molecular formula is C24H27BrF5N5O3. The van der Waals surface area contributed by atoms with Crippen LogP contribution in [0.1, 0.15) is 38.7 Å². The number of hydrogen-bond donors (Lipinski definition) is 1. The Morgan fingerprint density at radius 3 is 2.66 bits per heavy atom. The number of anilines is 1. The zero-order chi connectivity index (χ0) is 27.6. The van der Waals surface area contributed by atoms with Crippen LogP contribution in [0.3, 0.4) is 0 Å². The molecule has 4 atom stereocenters. The van der Waals surface area contributed by atoms with E-state index in [9.17, 15) is 27.5 Å². The quantitative estimate of drug-likeness (QED) is 0.485. The Bertz CT molecular complexity index is 1270. The molecule has 0 radical (unpaired) electrons. The molecule has 208 valence electrons. The van der Waals surface area contributed by atoms with Crippen LogP contribution in [0.5, 0.6) is 6.01 Å². The number of carbonyl (C=O) groups is 1. The Morgan fingerprint density at radius 2 is 1.97 bits per heavy atom. The summed E-state index contributed by atoms with van der Waals surface area (Å²) < 4.78 is 76.0. The van der Waals surface area contributed by atoms with E-state index >= 15 is 4.39 Å². The summed E-state index contributed by atoms with van der Waals surface area (Å²) in [5, 5.41) is 9.34. The predicted molar refractivity (Wildman–Crippen MR) is 132 cm³/mol. The molecule has 0 bridgehead atoms. The molecule has 38 heavy (non-hydrogen) atoms. The number of hydrogen-bond acceptors (Lipinski definition) is 6. The maximum absolute atomic E-state index is 15.4. The Labute approximate surface area is 223 Å². The van der Waals surface area contributed by atoms with E-state index in [0.29, 0.717) is 13.0 Å². The first-order valence-electron chi connectivity index (χ1n) is 12.4. The first-order chi connectivity index (χ1) is 17.8. The van der Waals surface area contributed by atoms with E-state index < -0.39 is 51.9 Å². The first kappa shape index (κ1) is 27.1. The number of benzene rings is 1. The zero-order valence-corrected chi connectivity index (χ0v) is 22.3. The molecule has 5 rings (SSSR count). The Hall–Kier alpha value is -2.48. The summed E-state index contributed by atoms with van der Waals surface area (Å²) in [6, 6.07) is -0.432. The fraction of sp³-hybridized carbons (Fsp3) is 0.625. The van der Waals surface area contributed by atoms with Crippen molar-refractivity contribution in [2.45, 2.75) is 63.1 Å². The summed E-state index contributed by atoms with van der Waals surface area (Å²) in [6.07, 6.45) is -5.07. The van der Waals surface area contributed by atoms with Crippen molar-refractivity contribution in [1.82, 2.24) is 19.8 Å². The van der Waals surface area contributed by atoms with Gasteiger partial charge in [-0.25, -0.2) is 13.6 Å². The number of piperazine rings is 1. The Kier molecular flexibility index (Phi) is 6.86. The van der Waals surface area contributed by atoms with E-state index in [1.54, 1.807) is 18.7 Å². The lowest BCUT2D eigenvalue weighted by Crippen LogP contribution is -2.58. The van der Waals surface area contributed by atoms with Gasteiger partial charge in [0.15, 0.2) is 5.82 Å². The molecule has 1 amide bonds. The lowest BCUT2D eigenvalue weighted by Gasteiger charge is -2.43. The second-order valence-electron chi connectivity index (χ2n) is 10.4. The number of ether oxygens (including phenoxy) is 1. The molecule has 0 unspecified atom stereocenters. The minimum Gasteiger partial charge on any atom is -0.465 e. The first-order valence-corrected chi connectivity index (χ1v) is 13.1. The number of alkyl halides is 4. The fourth-order valence-corrected chi connectivity index (χ4v) is 6.52. The van der Waals surface area contributed by atoms with Gasteiger partial charge < -0.3 is 19.6 Å². The van der Waals surface area contributed by atoms with Crippen molar-refractivity contribution in [3.05, 3.63) is 21.9 Å². The summed E-state index contributed by atoms with van der Waals surface area (Å²) in [7, 11) is 0. The lowest BCUT2D eigenvalue weighted by molar-refractivity contribution is -0.138. The van der Waals surface area contributed by atoms with Crippen LogP contribution >= 0.6 is 15.9 Å². The zero-order valence-electron chi connectivity index (χ0n) is 20.7. The van der Waals surface area contributed by atoms with Gasteiger partial charge in [0.2, 0.25) is 0 Å². The average molecular weight is 608 g/mol. The van der Waals surface area contributed by atoms with E-state index in [0.717, 1.165) is 19.0 Å². The number of fused-ring (bicyclic) bond motifs is 2. The molecule has 3 aliphatic rings. The van der Waals surface area contributed by atoms with Gasteiger partial charge in [0, 0.05) is 43.5 Å². The van der Waals surface area contributed by atoms with Gasteiger partial charge in [-0.15, -0.1) is 0 Å². The van der Waals surface area contributed by atoms with Crippen LogP contribution in [0.2, 0.25) is 0 Å². The lowest BCUT2D eigenvalue weighted by atomic mass is 9.95. The molecule has 8 nitrogen and oxygen atoms in total. The standard InChI is InChI=1S/C24H27BrF5N5O3/c1-12-9-35(22(36)37)13(2)8-34(12)20-15-6-16(24(28,29)30)17(25)18(27)19(15)31-21(32-20)38-11-23-4-3-5-33(23)10-14(26)7-23/h6,12-14H,3-5,7-11H2,1-2H3,(H,36,37)/t12-,13+,14+,23+/m0/s1. The molecule has 2 aromatic rings. The topological polar surface area (TPSA) is 82.0 Å². The summed E-state index contributed by atoms with van der Waals surface area (Å²) in [4.78, 5) is 25.1. The molecule has 0 aliphatic carbocycles. The van der Waals surface area contributed by atoms with Crippen LogP contribution in [0.4, 0.5) is 32.6 Å². The van der Waals surface area contributed by atoms with E-state index in [2.05, 4.69) is 25.9 Å². The highest BCUT2D eigenvalue weighted by molar-refractivity contribution is 9.10. The van der Waals surface area contributed by atoms with Gasteiger partial charge in [0.05, 0.1) is 15.6 Å². The molecule has 14 heteroatoms. The molecule has 0 spiro atoms. The Balaban J connectivity index is 1.59. The smallest absolute Gasteiger partial charge is 0.417 e. The largest absolute Gasteiger partial charge is 0.465 e. The highest BCUT2D eigenvalue weighted by Crippen LogP contribution is 2.43. The maximum atomic E-state index is 15.4. The van der Waals surface area contributed by atoms with Crippen molar-refractivity contribution in [1.29, 1.82) is 0 Å². The molecule has 3 aliphatic heterocycles. The van der Waals surface area contributed by atoms with Crippen molar-refractivity contribution in [2.75, 3.05) is 37.7 Å². The predicted octanol–water partition coefficient (Wildman–Crippen LogP) is 5.08. The average Bonchev–Trinajstić information content (AvgIpc) is 3.35. The number of nitrogens with zero attached hydrogens (tertiary/aromatic N) is 5. The number of halogens is 6. The van der Waals surface area contributed by atoms with Gasteiger partial charge in [-0.3, -0.25) is 4.90 Å². The van der Waals surface area contributed by atoms with Gasteiger partial charge in [-0.1, -0.05) is 0 Å². The van der Waals surface area contributed by atoms with E-state index in [-0.39, 0.29) is 48.8 Å². The summed E-state index contributed by atoms with van der Waals surface area (Å²) >= 11 is 2.73. The van der Waals surface area contributed by atoms with E-state index in [4.69, 9.17) is 4.74 Å². The van der Waals surface area contributed by atoms with Gasteiger partial charge >= 0.3 is 18.3 Å². The third kappa shape index (κ3) is 4.63. The third-order valence-electron chi connectivity index (χ3n) is 7.87. The number of carboxylic acid groups (broad SMARTS) is 1. The maximum Gasteiger partial charge on any atom is 0.417 e. The van der Waals surface area contributed by atoms with Crippen LogP contribution in [-0.2, 0) is 6.18 Å². The molecule has 1 N–H and O–H groups in total. The van der Waals surface area contributed by atoms with Crippen LogP contribution in [0.25, 0.3) is 10.9 Å². The minimum atomic E-state index is -4.85. The molecule has 1 aromatic carbocycles. The summed E-state index contributed by atoms with van der Waals surface area (Å²) in [5.41, 5.74) is -2.11. The Morgan fingerprint density at radius 1 is 1.24 bits per heavy atom. The highest BCUT2D eigenvalue weighted by Gasteiger charge is 2.49. The van der Waals surface area contributed by atoms with Gasteiger partial charge in [-0.2, -0.15) is 23.1 Å². The van der Waals surface area contributed by atoms with Crippen molar-refractivity contribution in [3.8, 4) is 6.01 Å². The summed E-state index contributed by atoms with van der Waals surface area (Å²) in [6.45, 7) is 4.66. The van der Waals surface area contributed by atoms with Crippen molar-refractivity contribution >= 4 is 38.7 Å². The molecule has 3 fully saturated rings. The second kappa shape index (κ2) is 9.61. The van der Waals surface area contributed by atoms with Gasteiger partial charge in [0.1, 0.15) is 24.1 Å². The fourth-order valence-electron chi connectivity index (χ4n) is 5.99. The summed E-state index contributed by atoms with van der Waals surface area (Å²) in [5.74, 6) is -1.19. The molecule has 1 aromatic heterocycles. The normalized spacial score (nSPS) is 28.3. The van der Waals surface area contributed by atoms with E-state index in [1.165, 1.54) is 4.90 Å². The third-order valence-corrected chi connectivity index (χ3v) is 8.65. The second-order valence-corrected chi connectivity index (χ2v) is 11.2.